The highest BCUT2D eigenvalue weighted by Crippen LogP contribution is 2.65. The molecule has 0 rings (SSSR count). The molecule has 0 aromatic carbocycles. The lowest BCUT2D eigenvalue weighted by atomic mass is 10.2. The highest BCUT2D eigenvalue weighted by atomic mass is 31.2. The predicted octanol–water partition coefficient (Wildman–Crippen LogP) is 0.128. The van der Waals surface area contributed by atoms with Crippen LogP contribution in [0, 0.1) is 0 Å². The van der Waals surface area contributed by atoms with Gasteiger partial charge in [-0.2, -0.15) is 14.7 Å². The van der Waals surface area contributed by atoms with Gasteiger partial charge >= 0.3 is 7.94 Å². The number of hydrogen-bond acceptors (Lipinski definition) is 6. The van der Waals surface area contributed by atoms with Crippen molar-refractivity contribution in [2.45, 2.75) is 37.7 Å². The monoisotopic (exact) mass is 274 g/mol. The maximum Gasteiger partial charge on any atom is 0.444 e. The summed E-state index contributed by atoms with van der Waals surface area (Å²) in [6.45, 7) is 3.78. The van der Waals surface area contributed by atoms with Gasteiger partial charge in [-0.1, -0.05) is 13.3 Å². The lowest BCUT2D eigenvalue weighted by Crippen LogP contribution is -2.26. The minimum Gasteiger partial charge on any atom is -0.370 e. The molecule has 0 aromatic rings. The van der Waals surface area contributed by atoms with E-state index in [0.29, 0.717) is 6.42 Å². The highest BCUT2D eigenvalue weighted by Gasteiger charge is 2.57. The second-order valence-corrected chi connectivity index (χ2v) is 7.01. The van der Waals surface area contributed by atoms with E-state index in [4.69, 9.17) is 19.6 Å². The van der Waals surface area contributed by atoms with E-state index in [9.17, 15) is 5.11 Å². The van der Waals surface area contributed by atoms with Crippen LogP contribution in [0.1, 0.15) is 32.6 Å². The molecule has 6 nitrogen and oxygen atoms in total. The van der Waals surface area contributed by atoms with Gasteiger partial charge < -0.3 is 15.3 Å². The summed E-state index contributed by atoms with van der Waals surface area (Å²) < 4.78 is 0. The van der Waals surface area contributed by atoms with Crippen LogP contribution in [0.5, 0.6) is 0 Å². The zero-order valence-corrected chi connectivity index (χ0v) is 11.3. The third-order valence-corrected chi connectivity index (χ3v) is 5.33. The Morgan fingerprint density at radius 1 is 1.19 bits per heavy atom. The normalized spacial score (nSPS) is 16.9. The lowest BCUT2D eigenvalue weighted by molar-refractivity contribution is 0.135. The fourth-order valence-electron chi connectivity index (χ4n) is 1.25. The Hall–Kier alpha value is 0.620. The molecule has 2 atom stereocenters. The van der Waals surface area contributed by atoms with Gasteiger partial charge in [0.15, 0.2) is 0 Å². The summed E-state index contributed by atoms with van der Waals surface area (Å²) >= 11 is 0. The third kappa shape index (κ3) is 5.80. The molecule has 98 valence electrons. The molecule has 6 N–H and O–H groups in total. The smallest absolute Gasteiger partial charge is 0.370 e. The van der Waals surface area contributed by atoms with E-state index in [0.717, 1.165) is 25.9 Å². The molecule has 0 aliphatic heterocycles. The van der Waals surface area contributed by atoms with Crippen LogP contribution in [0.25, 0.3) is 0 Å². The van der Waals surface area contributed by atoms with Gasteiger partial charge in [-0.25, -0.2) is 0 Å². The molecular formula is C8H22NO5P2+. The molecule has 0 aliphatic carbocycles. The molecule has 0 fully saturated rings. The first-order valence-corrected chi connectivity index (χ1v) is 7.88. The van der Waals surface area contributed by atoms with Crippen molar-refractivity contribution in [2.24, 2.45) is 0 Å². The largest absolute Gasteiger partial charge is 0.444 e. The van der Waals surface area contributed by atoms with Crippen molar-refractivity contribution in [3.8, 4) is 0 Å². The molecule has 8 heteroatoms. The van der Waals surface area contributed by atoms with Crippen molar-refractivity contribution in [1.82, 2.24) is 5.32 Å². The van der Waals surface area contributed by atoms with Gasteiger partial charge in [0.2, 0.25) is 0 Å². The minimum absolute atomic E-state index is 0.00858. The number of rotatable bonds is 9. The second kappa shape index (κ2) is 7.85. The summed E-state index contributed by atoms with van der Waals surface area (Å²) in [4.78, 5) is 35.8. The van der Waals surface area contributed by atoms with Crippen molar-refractivity contribution < 1.29 is 24.7 Å². The van der Waals surface area contributed by atoms with E-state index in [1.165, 1.54) is 0 Å². The third-order valence-electron chi connectivity index (χ3n) is 2.30. The quantitative estimate of drug-likeness (QED) is 0.263. The van der Waals surface area contributed by atoms with Crippen LogP contribution in [0.3, 0.4) is 0 Å². The van der Waals surface area contributed by atoms with Gasteiger partial charge in [-0.3, -0.25) is 0 Å². The first kappa shape index (κ1) is 16.6. The Kier molecular flexibility index (Phi) is 8.16. The van der Waals surface area contributed by atoms with Crippen LogP contribution in [-0.2, 0) is 0 Å². The number of aliphatic hydroxyl groups is 1. The van der Waals surface area contributed by atoms with Crippen molar-refractivity contribution in [2.75, 3.05) is 13.1 Å². The molecule has 0 bridgehead atoms. The fourth-order valence-corrected chi connectivity index (χ4v) is 2.53. The minimum atomic E-state index is -4.40. The van der Waals surface area contributed by atoms with Gasteiger partial charge in [-0.15, -0.1) is 0 Å². The molecule has 0 radical (unpaired) electrons. The molecule has 0 heterocycles. The zero-order chi connectivity index (χ0) is 12.7. The van der Waals surface area contributed by atoms with Crippen molar-refractivity contribution in [3.05, 3.63) is 0 Å². The summed E-state index contributed by atoms with van der Waals surface area (Å²) in [5, 5.41) is 10.6. The first-order chi connectivity index (χ1) is 7.37. The number of hydrogen-bond donors (Lipinski definition) is 6. The van der Waals surface area contributed by atoms with Crippen LogP contribution < -0.4 is 5.32 Å². The molecule has 16 heavy (non-hydrogen) atoms. The van der Waals surface area contributed by atoms with E-state index in [1.807, 2.05) is 6.92 Å². The number of nitrogens with one attached hydrogen (secondary N) is 1. The maximum absolute atomic E-state index is 9.61. The Bertz CT molecular complexity index is 190. The zero-order valence-electron chi connectivity index (χ0n) is 9.43. The Balaban J connectivity index is 3.80. The summed E-state index contributed by atoms with van der Waals surface area (Å²) in [5.74, 6) is 0. The van der Waals surface area contributed by atoms with Crippen molar-refractivity contribution in [1.29, 1.82) is 0 Å². The molecule has 0 saturated heterocycles. The van der Waals surface area contributed by atoms with Gasteiger partial charge in [-0.05, 0) is 25.9 Å². The van der Waals surface area contributed by atoms with Gasteiger partial charge in [0.25, 0.3) is 5.08 Å². The lowest BCUT2D eigenvalue weighted by Gasteiger charge is -2.23. The van der Waals surface area contributed by atoms with E-state index in [2.05, 4.69) is 5.32 Å². The average Bonchev–Trinajstić information content (AvgIpc) is 2.21. The van der Waals surface area contributed by atoms with E-state index in [1.54, 1.807) is 0 Å². The summed E-state index contributed by atoms with van der Waals surface area (Å²) in [6, 6.07) is 0. The SMILES string of the molecule is CCNCCCCCC(O)(PO)[P+](O)(O)O. The average molecular weight is 274 g/mol. The Morgan fingerprint density at radius 3 is 2.25 bits per heavy atom. The topological polar surface area (TPSA) is 113 Å². The van der Waals surface area contributed by atoms with Gasteiger partial charge in [0.05, 0.1) is 8.81 Å². The molecule has 0 amide bonds. The summed E-state index contributed by atoms with van der Waals surface area (Å²) in [7, 11) is -5.49. The standard InChI is InChI=1S/C8H22NO5P2/c1-2-9-7-5-3-4-6-8(10,15-11)16(12,13)14/h9-15H,2-7H2,1H3/q+1. The van der Waals surface area contributed by atoms with Crippen molar-refractivity contribution >= 4 is 16.8 Å². The van der Waals surface area contributed by atoms with E-state index in [-0.39, 0.29) is 6.42 Å². The van der Waals surface area contributed by atoms with Crippen LogP contribution >= 0.6 is 16.8 Å². The summed E-state index contributed by atoms with van der Waals surface area (Å²) in [5.41, 5.74) is 0. The molecule has 0 spiro atoms. The molecule has 0 aromatic heterocycles. The van der Waals surface area contributed by atoms with Crippen LogP contribution in [0.2, 0.25) is 0 Å². The molecule has 2 unspecified atom stereocenters. The maximum atomic E-state index is 9.61. The highest BCUT2D eigenvalue weighted by molar-refractivity contribution is 7.69. The molecule has 0 saturated carbocycles. The predicted molar refractivity (Wildman–Crippen MR) is 66.1 cm³/mol. The van der Waals surface area contributed by atoms with Crippen LogP contribution in [-0.4, -0.2) is 42.9 Å². The first-order valence-electron chi connectivity index (χ1n) is 5.29. The molecular weight excluding hydrogens is 252 g/mol. The second-order valence-electron chi connectivity index (χ2n) is 3.66. The Labute approximate surface area is 98.2 Å². The van der Waals surface area contributed by atoms with Gasteiger partial charge in [0, 0.05) is 6.42 Å². The number of unbranched alkanes of at least 4 members (excludes halogenated alkanes) is 2. The summed E-state index contributed by atoms with van der Waals surface area (Å²) in [6.07, 6.45) is 2.22. The Morgan fingerprint density at radius 2 is 1.81 bits per heavy atom. The van der Waals surface area contributed by atoms with Crippen LogP contribution in [0.15, 0.2) is 0 Å². The van der Waals surface area contributed by atoms with E-state index < -0.39 is 21.8 Å². The van der Waals surface area contributed by atoms with E-state index >= 15 is 0 Å². The van der Waals surface area contributed by atoms with Crippen LogP contribution in [0.4, 0.5) is 0 Å². The van der Waals surface area contributed by atoms with Crippen molar-refractivity contribution in [3.63, 3.8) is 0 Å². The van der Waals surface area contributed by atoms with Gasteiger partial charge in [0.1, 0.15) is 0 Å². The molecule has 0 aliphatic rings. The fraction of sp³-hybridized carbons (Fsp3) is 1.00.